The molecule has 0 bridgehead atoms. The normalized spacial score (nSPS) is 14.4. The number of nitrogens with zero attached hydrogens (tertiary/aromatic N) is 3. The second-order valence-corrected chi connectivity index (χ2v) is 7.97. The molecule has 0 atom stereocenters. The molecule has 2 aromatic carbocycles. The number of urea groups is 1. The van der Waals surface area contributed by atoms with Crippen molar-refractivity contribution >= 4 is 23.2 Å². The van der Waals surface area contributed by atoms with Crippen LogP contribution in [-0.4, -0.2) is 29.3 Å². The first-order chi connectivity index (χ1) is 14.6. The van der Waals surface area contributed by atoms with Crippen LogP contribution in [0.3, 0.4) is 0 Å². The maximum Gasteiger partial charge on any atom is 0.323 e. The maximum atomic E-state index is 12.2. The van der Waals surface area contributed by atoms with Crippen molar-refractivity contribution in [3.63, 3.8) is 0 Å². The van der Waals surface area contributed by atoms with Gasteiger partial charge in [-0.25, -0.2) is 4.79 Å². The minimum Gasteiger partial charge on any atom is -0.355 e. The van der Waals surface area contributed by atoms with Gasteiger partial charge in [-0.05, 0) is 62.1 Å². The lowest BCUT2D eigenvalue weighted by atomic mass is 9.99. The minimum atomic E-state index is -0.272. The van der Waals surface area contributed by atoms with Gasteiger partial charge in [-0.15, -0.1) is 10.2 Å². The Morgan fingerprint density at radius 1 is 0.867 bits per heavy atom. The second kappa shape index (κ2) is 8.95. The number of amides is 2. The van der Waals surface area contributed by atoms with Gasteiger partial charge in [0, 0.05) is 30.0 Å². The topological polar surface area (TPSA) is 70.2 Å². The number of rotatable bonds is 4. The van der Waals surface area contributed by atoms with Gasteiger partial charge in [0.1, 0.15) is 0 Å². The first-order valence-electron chi connectivity index (χ1n) is 10.4. The summed E-state index contributed by atoms with van der Waals surface area (Å²) in [5.74, 6) is 1.73. The lowest BCUT2D eigenvalue weighted by Gasteiger charge is -2.30. The third-order valence-electron chi connectivity index (χ3n) is 5.51. The molecule has 1 aliphatic heterocycles. The van der Waals surface area contributed by atoms with Crippen molar-refractivity contribution in [3.8, 4) is 11.3 Å². The van der Waals surface area contributed by atoms with E-state index in [2.05, 4.69) is 32.7 Å². The summed E-state index contributed by atoms with van der Waals surface area (Å²) in [6.45, 7) is 6.40. The van der Waals surface area contributed by atoms with Crippen molar-refractivity contribution in [2.24, 2.45) is 5.92 Å². The average molecular weight is 402 g/mol. The standard InChI is InChI=1S/C24H27N5O/c1-17-3-7-20(8-4-17)25-24(30)26-21-9-5-19(6-10-21)22-11-12-23(28-27-22)29-15-13-18(2)14-16-29/h3-12,18H,13-16H2,1-2H3,(H2,25,26,30). The fraction of sp³-hybridized carbons (Fsp3) is 0.292. The molecule has 30 heavy (non-hydrogen) atoms. The van der Waals surface area contributed by atoms with Gasteiger partial charge in [0.2, 0.25) is 0 Å². The molecule has 0 unspecified atom stereocenters. The molecule has 6 heteroatoms. The number of hydrogen-bond donors (Lipinski definition) is 2. The quantitative estimate of drug-likeness (QED) is 0.620. The lowest BCUT2D eigenvalue weighted by Crippen LogP contribution is -2.33. The Morgan fingerprint density at radius 3 is 2.03 bits per heavy atom. The van der Waals surface area contributed by atoms with Crippen molar-refractivity contribution in [3.05, 3.63) is 66.2 Å². The third-order valence-corrected chi connectivity index (χ3v) is 5.51. The Labute approximate surface area is 177 Å². The molecule has 2 heterocycles. The van der Waals surface area contributed by atoms with E-state index in [-0.39, 0.29) is 6.03 Å². The van der Waals surface area contributed by atoms with E-state index in [4.69, 9.17) is 0 Å². The molecular formula is C24H27N5O. The van der Waals surface area contributed by atoms with E-state index in [1.807, 2.05) is 67.6 Å². The number of benzene rings is 2. The fourth-order valence-corrected chi connectivity index (χ4v) is 3.54. The van der Waals surface area contributed by atoms with Crippen molar-refractivity contribution in [2.45, 2.75) is 26.7 Å². The van der Waals surface area contributed by atoms with Crippen molar-refractivity contribution in [1.82, 2.24) is 10.2 Å². The first kappa shape index (κ1) is 19.9. The van der Waals surface area contributed by atoms with Gasteiger partial charge >= 0.3 is 6.03 Å². The largest absolute Gasteiger partial charge is 0.355 e. The van der Waals surface area contributed by atoms with Crippen LogP contribution in [0.5, 0.6) is 0 Å². The summed E-state index contributed by atoms with van der Waals surface area (Å²) in [7, 11) is 0. The average Bonchev–Trinajstić information content (AvgIpc) is 2.77. The second-order valence-electron chi connectivity index (χ2n) is 7.97. The molecule has 1 aromatic heterocycles. The number of nitrogens with one attached hydrogen (secondary N) is 2. The zero-order chi connectivity index (χ0) is 20.9. The highest BCUT2D eigenvalue weighted by molar-refractivity contribution is 5.99. The molecule has 1 saturated heterocycles. The van der Waals surface area contributed by atoms with E-state index in [0.717, 1.165) is 53.0 Å². The molecule has 3 aromatic rings. The zero-order valence-electron chi connectivity index (χ0n) is 17.4. The number of piperidine rings is 1. The molecule has 0 saturated carbocycles. The van der Waals surface area contributed by atoms with Crippen molar-refractivity contribution in [2.75, 3.05) is 28.6 Å². The molecule has 1 aliphatic rings. The van der Waals surface area contributed by atoms with E-state index in [1.165, 1.54) is 12.8 Å². The number of carbonyl (C=O) groups is 1. The predicted molar refractivity (Wildman–Crippen MR) is 122 cm³/mol. The molecule has 6 nitrogen and oxygen atoms in total. The van der Waals surface area contributed by atoms with Crippen LogP contribution in [0.4, 0.5) is 22.0 Å². The third kappa shape index (κ3) is 4.95. The Balaban J connectivity index is 1.36. The SMILES string of the molecule is Cc1ccc(NC(=O)Nc2ccc(-c3ccc(N4CCC(C)CC4)nn3)cc2)cc1. The van der Waals surface area contributed by atoms with Gasteiger partial charge in [-0.1, -0.05) is 36.8 Å². The van der Waals surface area contributed by atoms with E-state index in [1.54, 1.807) is 0 Å². The molecule has 0 spiro atoms. The Kier molecular flexibility index (Phi) is 5.93. The smallest absolute Gasteiger partial charge is 0.323 e. The molecule has 2 amide bonds. The Bertz CT molecular complexity index is 976. The lowest BCUT2D eigenvalue weighted by molar-refractivity contribution is 0.262. The van der Waals surface area contributed by atoms with Crippen LogP contribution >= 0.6 is 0 Å². The number of aromatic nitrogens is 2. The highest BCUT2D eigenvalue weighted by Crippen LogP contribution is 2.24. The molecule has 154 valence electrons. The van der Waals surface area contributed by atoms with Gasteiger partial charge in [-0.2, -0.15) is 0 Å². The van der Waals surface area contributed by atoms with Crippen LogP contribution < -0.4 is 15.5 Å². The minimum absolute atomic E-state index is 0.272. The summed E-state index contributed by atoms with van der Waals surface area (Å²) in [6, 6.07) is 19.1. The van der Waals surface area contributed by atoms with Gasteiger partial charge in [-0.3, -0.25) is 0 Å². The number of anilines is 3. The first-order valence-corrected chi connectivity index (χ1v) is 10.4. The zero-order valence-corrected chi connectivity index (χ0v) is 17.4. The van der Waals surface area contributed by atoms with Crippen molar-refractivity contribution < 1.29 is 4.79 Å². The monoisotopic (exact) mass is 401 g/mol. The molecule has 1 fully saturated rings. The van der Waals surface area contributed by atoms with Crippen LogP contribution in [0.2, 0.25) is 0 Å². The van der Waals surface area contributed by atoms with Gasteiger partial charge in [0.05, 0.1) is 5.69 Å². The number of hydrogen-bond acceptors (Lipinski definition) is 4. The highest BCUT2D eigenvalue weighted by Gasteiger charge is 2.17. The van der Waals surface area contributed by atoms with E-state index >= 15 is 0 Å². The Hall–Kier alpha value is -3.41. The summed E-state index contributed by atoms with van der Waals surface area (Å²) in [6.07, 6.45) is 2.41. The van der Waals surface area contributed by atoms with Crippen LogP contribution in [0, 0.1) is 12.8 Å². The number of carbonyl (C=O) groups excluding carboxylic acids is 1. The van der Waals surface area contributed by atoms with Crippen LogP contribution in [0.1, 0.15) is 25.3 Å². The molecule has 4 rings (SSSR count). The molecular weight excluding hydrogens is 374 g/mol. The van der Waals surface area contributed by atoms with E-state index < -0.39 is 0 Å². The Morgan fingerprint density at radius 2 is 1.47 bits per heavy atom. The van der Waals surface area contributed by atoms with Crippen LogP contribution in [-0.2, 0) is 0 Å². The summed E-state index contributed by atoms with van der Waals surface area (Å²) in [5, 5.41) is 14.5. The number of aryl methyl sites for hydroxylation is 1. The van der Waals surface area contributed by atoms with Gasteiger partial charge in [0.15, 0.2) is 5.82 Å². The molecule has 0 aliphatic carbocycles. The molecule has 0 radical (unpaired) electrons. The van der Waals surface area contributed by atoms with E-state index in [9.17, 15) is 4.79 Å². The summed E-state index contributed by atoms with van der Waals surface area (Å²) >= 11 is 0. The van der Waals surface area contributed by atoms with Crippen LogP contribution in [0.15, 0.2) is 60.7 Å². The summed E-state index contributed by atoms with van der Waals surface area (Å²) in [5.41, 5.74) is 4.41. The summed E-state index contributed by atoms with van der Waals surface area (Å²) < 4.78 is 0. The maximum absolute atomic E-state index is 12.2. The van der Waals surface area contributed by atoms with Crippen molar-refractivity contribution in [1.29, 1.82) is 0 Å². The van der Waals surface area contributed by atoms with Gasteiger partial charge < -0.3 is 15.5 Å². The van der Waals surface area contributed by atoms with Gasteiger partial charge in [0.25, 0.3) is 0 Å². The van der Waals surface area contributed by atoms with Crippen LogP contribution in [0.25, 0.3) is 11.3 Å². The summed E-state index contributed by atoms with van der Waals surface area (Å²) in [4.78, 5) is 14.5. The molecule has 2 N–H and O–H groups in total. The highest BCUT2D eigenvalue weighted by atomic mass is 16.2. The predicted octanol–water partition coefficient (Wildman–Crippen LogP) is 5.33. The fourth-order valence-electron chi connectivity index (χ4n) is 3.54. The van der Waals surface area contributed by atoms with E-state index in [0.29, 0.717) is 0 Å².